The molecule has 2 aliphatic rings. The summed E-state index contributed by atoms with van der Waals surface area (Å²) in [6.07, 6.45) is 2.71. The Labute approximate surface area is 162 Å². The number of halogens is 1. The number of nitrogens with one attached hydrogen (secondary N) is 2. The number of morpholine rings is 1. The van der Waals surface area contributed by atoms with E-state index in [-0.39, 0.29) is 24.0 Å². The summed E-state index contributed by atoms with van der Waals surface area (Å²) in [7, 11) is 1.83. The molecule has 0 radical (unpaired) electrons. The predicted molar refractivity (Wildman–Crippen MR) is 109 cm³/mol. The van der Waals surface area contributed by atoms with E-state index >= 15 is 0 Å². The van der Waals surface area contributed by atoms with Crippen molar-refractivity contribution in [1.29, 1.82) is 0 Å². The topological polar surface area (TPSA) is 48.9 Å². The van der Waals surface area contributed by atoms with Crippen molar-refractivity contribution in [2.45, 2.75) is 25.9 Å². The molecule has 0 amide bonds. The minimum atomic E-state index is 0. The number of hydrogen-bond donors (Lipinski definition) is 2. The molecule has 3 rings (SSSR count). The number of aliphatic imine (C=N–C) groups is 1. The molecule has 1 aromatic rings. The molecule has 0 atom stereocenters. The van der Waals surface area contributed by atoms with Crippen molar-refractivity contribution < 1.29 is 4.74 Å². The van der Waals surface area contributed by atoms with Crippen LogP contribution in [0.3, 0.4) is 0 Å². The van der Waals surface area contributed by atoms with Crippen LogP contribution >= 0.6 is 24.0 Å². The van der Waals surface area contributed by atoms with Gasteiger partial charge in [-0.2, -0.15) is 0 Å². The van der Waals surface area contributed by atoms with Gasteiger partial charge in [-0.05, 0) is 29.9 Å². The van der Waals surface area contributed by atoms with Crippen molar-refractivity contribution in [3.8, 4) is 0 Å². The molecule has 0 bridgehead atoms. The largest absolute Gasteiger partial charge is 0.379 e. The van der Waals surface area contributed by atoms with E-state index in [2.05, 4.69) is 44.8 Å². The molecule has 2 N–H and O–H groups in total. The molecule has 24 heavy (non-hydrogen) atoms. The first-order valence-electron chi connectivity index (χ1n) is 8.66. The minimum absolute atomic E-state index is 0. The zero-order chi connectivity index (χ0) is 15.9. The van der Waals surface area contributed by atoms with Gasteiger partial charge in [-0.25, -0.2) is 0 Å². The molecule has 1 saturated heterocycles. The van der Waals surface area contributed by atoms with Crippen LogP contribution in [0.1, 0.15) is 24.0 Å². The maximum atomic E-state index is 5.41. The van der Waals surface area contributed by atoms with Crippen LogP contribution in [0.5, 0.6) is 0 Å². The Kier molecular flexibility index (Phi) is 8.28. The van der Waals surface area contributed by atoms with Crippen LogP contribution in [0.25, 0.3) is 0 Å². The fourth-order valence-electron chi connectivity index (χ4n) is 2.82. The summed E-state index contributed by atoms with van der Waals surface area (Å²) < 4.78 is 5.41. The molecule has 1 heterocycles. The summed E-state index contributed by atoms with van der Waals surface area (Å²) in [5.41, 5.74) is 2.66. The van der Waals surface area contributed by atoms with Gasteiger partial charge in [-0.15, -0.1) is 24.0 Å². The Morgan fingerprint density at radius 1 is 1.21 bits per heavy atom. The van der Waals surface area contributed by atoms with Crippen LogP contribution in [0, 0.1) is 5.92 Å². The van der Waals surface area contributed by atoms with Crippen LogP contribution in [0.4, 0.5) is 0 Å². The predicted octanol–water partition coefficient (Wildman–Crippen LogP) is 2.21. The van der Waals surface area contributed by atoms with Gasteiger partial charge in [0, 0.05) is 39.8 Å². The number of nitrogens with zero attached hydrogens (tertiary/aromatic N) is 2. The highest BCUT2D eigenvalue weighted by atomic mass is 127. The summed E-state index contributed by atoms with van der Waals surface area (Å²) in [5.74, 6) is 1.75. The monoisotopic (exact) mass is 444 g/mol. The van der Waals surface area contributed by atoms with Gasteiger partial charge in [0.1, 0.15) is 0 Å². The van der Waals surface area contributed by atoms with E-state index in [1.54, 1.807) is 0 Å². The van der Waals surface area contributed by atoms with Crippen molar-refractivity contribution in [1.82, 2.24) is 15.5 Å². The lowest BCUT2D eigenvalue weighted by molar-refractivity contribution is 0.0342. The third kappa shape index (κ3) is 6.57. The normalized spacial score (nSPS) is 18.8. The van der Waals surface area contributed by atoms with Crippen molar-refractivity contribution >= 4 is 29.9 Å². The molecular weight excluding hydrogens is 415 g/mol. The first-order valence-corrected chi connectivity index (χ1v) is 8.66. The Bertz CT molecular complexity index is 528. The number of rotatable bonds is 6. The first-order chi connectivity index (χ1) is 11.3. The summed E-state index contributed by atoms with van der Waals surface area (Å²) in [5, 5.41) is 6.80. The van der Waals surface area contributed by atoms with E-state index in [4.69, 9.17) is 4.74 Å². The quantitative estimate of drug-likeness (QED) is 0.402. The van der Waals surface area contributed by atoms with Gasteiger partial charge in [0.2, 0.25) is 0 Å². The van der Waals surface area contributed by atoms with Gasteiger partial charge in [0.05, 0.1) is 13.2 Å². The second-order valence-electron chi connectivity index (χ2n) is 6.46. The van der Waals surface area contributed by atoms with Crippen molar-refractivity contribution in [3.63, 3.8) is 0 Å². The Hall–Kier alpha value is -0.860. The molecular formula is C18H29IN4O. The first kappa shape index (κ1) is 19.5. The van der Waals surface area contributed by atoms with Gasteiger partial charge in [-0.1, -0.05) is 24.3 Å². The lowest BCUT2D eigenvalue weighted by Crippen LogP contribution is -2.38. The summed E-state index contributed by atoms with van der Waals surface area (Å²) in [6.45, 7) is 6.61. The third-order valence-corrected chi connectivity index (χ3v) is 4.44. The van der Waals surface area contributed by atoms with E-state index in [1.165, 1.54) is 24.0 Å². The lowest BCUT2D eigenvalue weighted by Gasteiger charge is -2.26. The molecule has 0 spiro atoms. The standard InChI is InChI=1S/C18H28N4O.HI/c1-19-18(20-12-15-5-6-15)21-13-16-3-2-4-17(11-16)14-22-7-9-23-10-8-22;/h2-4,11,15H,5-10,12-14H2,1H3,(H2,19,20,21);1H. The molecule has 1 aliphatic carbocycles. The molecule has 2 fully saturated rings. The Morgan fingerprint density at radius 2 is 1.96 bits per heavy atom. The molecule has 0 unspecified atom stereocenters. The number of ether oxygens (including phenoxy) is 1. The summed E-state index contributed by atoms with van der Waals surface area (Å²) >= 11 is 0. The van der Waals surface area contributed by atoms with E-state index in [0.29, 0.717) is 0 Å². The van der Waals surface area contributed by atoms with Crippen LogP contribution in [0.15, 0.2) is 29.3 Å². The minimum Gasteiger partial charge on any atom is -0.379 e. The Morgan fingerprint density at radius 3 is 2.67 bits per heavy atom. The van der Waals surface area contributed by atoms with Gasteiger partial charge < -0.3 is 15.4 Å². The highest BCUT2D eigenvalue weighted by Crippen LogP contribution is 2.27. The van der Waals surface area contributed by atoms with E-state index in [0.717, 1.165) is 57.8 Å². The average molecular weight is 444 g/mol. The lowest BCUT2D eigenvalue weighted by atomic mass is 10.1. The van der Waals surface area contributed by atoms with Gasteiger partial charge in [0.25, 0.3) is 0 Å². The smallest absolute Gasteiger partial charge is 0.191 e. The van der Waals surface area contributed by atoms with Crippen LogP contribution in [0.2, 0.25) is 0 Å². The number of guanidine groups is 1. The highest BCUT2D eigenvalue weighted by molar-refractivity contribution is 14.0. The molecule has 6 heteroatoms. The zero-order valence-electron chi connectivity index (χ0n) is 14.5. The molecule has 1 aliphatic heterocycles. The maximum Gasteiger partial charge on any atom is 0.191 e. The van der Waals surface area contributed by atoms with Gasteiger partial charge >= 0.3 is 0 Å². The number of benzene rings is 1. The molecule has 1 aromatic carbocycles. The molecule has 0 aromatic heterocycles. The van der Waals surface area contributed by atoms with Crippen LogP contribution < -0.4 is 10.6 Å². The van der Waals surface area contributed by atoms with Crippen molar-refractivity contribution in [3.05, 3.63) is 35.4 Å². The molecule has 1 saturated carbocycles. The average Bonchev–Trinajstić information content (AvgIpc) is 3.41. The third-order valence-electron chi connectivity index (χ3n) is 4.44. The second-order valence-corrected chi connectivity index (χ2v) is 6.46. The summed E-state index contributed by atoms with van der Waals surface area (Å²) in [6, 6.07) is 8.81. The summed E-state index contributed by atoms with van der Waals surface area (Å²) in [4.78, 5) is 6.74. The maximum absolute atomic E-state index is 5.41. The zero-order valence-corrected chi connectivity index (χ0v) is 16.8. The van der Waals surface area contributed by atoms with Gasteiger partial charge in [-0.3, -0.25) is 9.89 Å². The van der Waals surface area contributed by atoms with Crippen LogP contribution in [-0.2, 0) is 17.8 Å². The van der Waals surface area contributed by atoms with E-state index in [9.17, 15) is 0 Å². The molecule has 5 nitrogen and oxygen atoms in total. The second kappa shape index (κ2) is 10.2. The SMILES string of the molecule is CN=C(NCc1cccc(CN2CCOCC2)c1)NCC1CC1.I. The number of hydrogen-bond acceptors (Lipinski definition) is 3. The van der Waals surface area contributed by atoms with E-state index in [1.807, 2.05) is 7.05 Å². The van der Waals surface area contributed by atoms with Crippen molar-refractivity contribution in [2.24, 2.45) is 10.9 Å². The molecule has 134 valence electrons. The fraction of sp³-hybridized carbons (Fsp3) is 0.611. The van der Waals surface area contributed by atoms with Crippen molar-refractivity contribution in [2.75, 3.05) is 39.9 Å². The Balaban J connectivity index is 0.00000208. The van der Waals surface area contributed by atoms with Gasteiger partial charge in [0.15, 0.2) is 5.96 Å². The fourth-order valence-corrected chi connectivity index (χ4v) is 2.82. The van der Waals surface area contributed by atoms with Crippen LogP contribution in [-0.4, -0.2) is 50.8 Å². The highest BCUT2D eigenvalue weighted by Gasteiger charge is 2.21. The van der Waals surface area contributed by atoms with E-state index < -0.39 is 0 Å².